The lowest BCUT2D eigenvalue weighted by Gasteiger charge is -2.06. The van der Waals surface area contributed by atoms with Gasteiger partial charge in [0.1, 0.15) is 22.4 Å². The van der Waals surface area contributed by atoms with E-state index in [0.717, 1.165) is 22.7 Å². The highest BCUT2D eigenvalue weighted by atomic mass is 32.1. The smallest absolute Gasteiger partial charge is 0.136 e. The van der Waals surface area contributed by atoms with E-state index in [1.54, 1.807) is 13.3 Å². The van der Waals surface area contributed by atoms with Crippen LogP contribution in [0.25, 0.3) is 16.8 Å². The number of ether oxygens (including phenoxy) is 1. The minimum Gasteiger partial charge on any atom is -0.497 e. The second-order valence-corrected chi connectivity index (χ2v) is 7.22. The number of hydrogen-bond donors (Lipinski definition) is 1. The van der Waals surface area contributed by atoms with E-state index in [1.165, 1.54) is 16.9 Å². The largest absolute Gasteiger partial charge is 0.497 e. The molecule has 0 fully saturated rings. The highest BCUT2D eigenvalue weighted by Gasteiger charge is 2.09. The van der Waals surface area contributed by atoms with Crippen molar-refractivity contribution in [3.8, 4) is 23.1 Å². The molecule has 0 aliphatic heterocycles. The zero-order chi connectivity index (χ0) is 19.2. The molecule has 0 unspecified atom stereocenters. The molecule has 1 aromatic heterocycles. The first-order valence-electron chi connectivity index (χ1n) is 8.68. The Morgan fingerprint density at radius 1 is 1.15 bits per heavy atom. The summed E-state index contributed by atoms with van der Waals surface area (Å²) < 4.78 is 5.18. The molecule has 0 bridgehead atoms. The Kier molecular flexibility index (Phi) is 5.90. The molecule has 0 radical (unpaired) electrons. The fraction of sp³-hybridized carbons (Fsp3) is 0.182. The molecule has 0 saturated heterocycles. The standard InChI is InChI=1S/C22H21N3OS/c1-15(2)16-4-8-19(9-5-16)24-13-18(12-23)22-25-21(14-27-22)17-6-10-20(26-3)11-7-17/h4-11,13-15,24H,1-3H3/b18-13-. The van der Waals surface area contributed by atoms with Crippen LogP contribution in [0.1, 0.15) is 30.3 Å². The molecule has 136 valence electrons. The lowest BCUT2D eigenvalue weighted by atomic mass is 10.0. The van der Waals surface area contributed by atoms with E-state index in [4.69, 9.17) is 4.74 Å². The van der Waals surface area contributed by atoms with Crippen LogP contribution in [0.2, 0.25) is 0 Å². The number of allylic oxidation sites excluding steroid dienone is 1. The number of nitrogens with one attached hydrogen (secondary N) is 1. The van der Waals surface area contributed by atoms with Gasteiger partial charge in [-0.1, -0.05) is 26.0 Å². The van der Waals surface area contributed by atoms with Crippen molar-refractivity contribution in [2.24, 2.45) is 0 Å². The van der Waals surface area contributed by atoms with Gasteiger partial charge in [0, 0.05) is 22.8 Å². The summed E-state index contributed by atoms with van der Waals surface area (Å²) >= 11 is 1.46. The van der Waals surface area contributed by atoms with Crippen LogP contribution in [0.4, 0.5) is 5.69 Å². The summed E-state index contributed by atoms with van der Waals surface area (Å²) in [6.07, 6.45) is 1.71. The summed E-state index contributed by atoms with van der Waals surface area (Å²) in [6, 6.07) is 18.2. The van der Waals surface area contributed by atoms with Crippen LogP contribution in [0.15, 0.2) is 60.1 Å². The van der Waals surface area contributed by atoms with Gasteiger partial charge in [-0.05, 0) is 47.9 Å². The Bertz CT molecular complexity index is 964. The third-order valence-corrected chi connectivity index (χ3v) is 5.08. The summed E-state index contributed by atoms with van der Waals surface area (Å²) in [6.45, 7) is 4.33. The van der Waals surface area contributed by atoms with Crippen LogP contribution in [0.5, 0.6) is 5.75 Å². The van der Waals surface area contributed by atoms with E-state index >= 15 is 0 Å². The molecule has 3 rings (SSSR count). The number of nitriles is 1. The van der Waals surface area contributed by atoms with Gasteiger partial charge in [0.2, 0.25) is 0 Å². The first-order chi connectivity index (χ1) is 13.1. The molecule has 27 heavy (non-hydrogen) atoms. The van der Waals surface area contributed by atoms with Crippen LogP contribution in [0.3, 0.4) is 0 Å². The molecule has 0 amide bonds. The molecule has 5 heteroatoms. The van der Waals surface area contributed by atoms with E-state index in [9.17, 15) is 5.26 Å². The van der Waals surface area contributed by atoms with Gasteiger partial charge >= 0.3 is 0 Å². The van der Waals surface area contributed by atoms with Crippen molar-refractivity contribution >= 4 is 22.6 Å². The molecule has 4 nitrogen and oxygen atoms in total. The zero-order valence-electron chi connectivity index (χ0n) is 15.6. The monoisotopic (exact) mass is 375 g/mol. The molecule has 0 aliphatic carbocycles. The average Bonchev–Trinajstić information content (AvgIpc) is 3.19. The molecule has 0 saturated carbocycles. The number of aromatic nitrogens is 1. The fourth-order valence-electron chi connectivity index (χ4n) is 2.55. The van der Waals surface area contributed by atoms with Gasteiger partial charge in [-0.15, -0.1) is 11.3 Å². The highest BCUT2D eigenvalue weighted by molar-refractivity contribution is 7.11. The third-order valence-electron chi connectivity index (χ3n) is 4.20. The number of methoxy groups -OCH3 is 1. The summed E-state index contributed by atoms with van der Waals surface area (Å²) in [5.74, 6) is 1.30. The molecular formula is C22H21N3OS. The summed E-state index contributed by atoms with van der Waals surface area (Å²) in [4.78, 5) is 4.60. The molecule has 0 atom stereocenters. The van der Waals surface area contributed by atoms with E-state index in [1.807, 2.05) is 41.8 Å². The molecular weight excluding hydrogens is 354 g/mol. The molecule has 0 aliphatic rings. The topological polar surface area (TPSA) is 57.9 Å². The van der Waals surface area contributed by atoms with Crippen molar-refractivity contribution < 1.29 is 4.74 Å². The number of benzene rings is 2. The molecule has 1 heterocycles. The van der Waals surface area contributed by atoms with Crippen LogP contribution in [0, 0.1) is 11.3 Å². The molecule has 2 aromatic carbocycles. The highest BCUT2D eigenvalue weighted by Crippen LogP contribution is 2.27. The Morgan fingerprint density at radius 3 is 2.44 bits per heavy atom. The normalized spacial score (nSPS) is 11.3. The Morgan fingerprint density at radius 2 is 1.85 bits per heavy atom. The third kappa shape index (κ3) is 4.55. The minimum atomic E-state index is 0.496. The summed E-state index contributed by atoms with van der Waals surface area (Å²) in [7, 11) is 1.64. The lowest BCUT2D eigenvalue weighted by molar-refractivity contribution is 0.415. The van der Waals surface area contributed by atoms with Crippen molar-refractivity contribution in [3.63, 3.8) is 0 Å². The van der Waals surface area contributed by atoms with Crippen LogP contribution < -0.4 is 10.1 Å². The maximum Gasteiger partial charge on any atom is 0.136 e. The second-order valence-electron chi connectivity index (χ2n) is 6.36. The van der Waals surface area contributed by atoms with Gasteiger partial charge in [0.15, 0.2) is 0 Å². The van der Waals surface area contributed by atoms with Crippen LogP contribution in [-0.2, 0) is 0 Å². The second kappa shape index (κ2) is 8.52. The first-order valence-corrected chi connectivity index (χ1v) is 9.55. The van der Waals surface area contributed by atoms with Crippen molar-refractivity contribution in [3.05, 3.63) is 70.7 Å². The quantitative estimate of drug-likeness (QED) is 0.543. The Hall–Kier alpha value is -3.10. The predicted molar refractivity (Wildman–Crippen MR) is 112 cm³/mol. The number of anilines is 1. The van der Waals surface area contributed by atoms with Crippen molar-refractivity contribution in [1.82, 2.24) is 4.98 Å². The lowest BCUT2D eigenvalue weighted by Crippen LogP contribution is -1.92. The Balaban J connectivity index is 1.76. The van der Waals surface area contributed by atoms with E-state index in [-0.39, 0.29) is 0 Å². The van der Waals surface area contributed by atoms with E-state index in [0.29, 0.717) is 16.5 Å². The number of thiazole rings is 1. The fourth-order valence-corrected chi connectivity index (χ4v) is 3.35. The van der Waals surface area contributed by atoms with Gasteiger partial charge in [-0.3, -0.25) is 0 Å². The van der Waals surface area contributed by atoms with Crippen molar-refractivity contribution in [2.45, 2.75) is 19.8 Å². The maximum absolute atomic E-state index is 9.51. The number of hydrogen-bond acceptors (Lipinski definition) is 5. The first kappa shape index (κ1) is 18.7. The zero-order valence-corrected chi connectivity index (χ0v) is 16.4. The Labute approximate surface area is 163 Å². The van der Waals surface area contributed by atoms with Gasteiger partial charge < -0.3 is 10.1 Å². The predicted octanol–water partition coefficient (Wildman–Crippen LogP) is 5.92. The van der Waals surface area contributed by atoms with Gasteiger partial charge in [0.25, 0.3) is 0 Å². The number of nitrogens with zero attached hydrogens (tertiary/aromatic N) is 2. The SMILES string of the molecule is COc1ccc(-c2csc(/C(C#N)=C\Nc3ccc(C(C)C)cc3)n2)cc1. The van der Waals surface area contributed by atoms with Crippen molar-refractivity contribution in [1.29, 1.82) is 5.26 Å². The van der Waals surface area contributed by atoms with Gasteiger partial charge in [-0.2, -0.15) is 5.26 Å². The molecule has 3 aromatic rings. The molecule has 1 N–H and O–H groups in total. The number of rotatable bonds is 6. The van der Waals surface area contributed by atoms with Gasteiger partial charge in [0.05, 0.1) is 12.8 Å². The van der Waals surface area contributed by atoms with E-state index < -0.39 is 0 Å². The molecule has 0 spiro atoms. The van der Waals surface area contributed by atoms with Crippen LogP contribution in [-0.4, -0.2) is 12.1 Å². The van der Waals surface area contributed by atoms with Gasteiger partial charge in [-0.25, -0.2) is 4.98 Å². The minimum absolute atomic E-state index is 0.496. The summed E-state index contributed by atoms with van der Waals surface area (Å²) in [5.41, 5.74) is 4.58. The van der Waals surface area contributed by atoms with Crippen LogP contribution >= 0.6 is 11.3 Å². The maximum atomic E-state index is 9.51. The average molecular weight is 375 g/mol. The van der Waals surface area contributed by atoms with E-state index in [2.05, 4.69) is 42.4 Å². The van der Waals surface area contributed by atoms with Crippen molar-refractivity contribution in [2.75, 3.05) is 12.4 Å². The summed E-state index contributed by atoms with van der Waals surface area (Å²) in [5, 5.41) is 15.4.